The number of carbonyl (C=O) groups is 1. The van der Waals surface area contributed by atoms with E-state index in [-0.39, 0.29) is 11.4 Å². The maximum Gasteiger partial charge on any atom is 0.277 e. The van der Waals surface area contributed by atoms with E-state index in [2.05, 4.69) is 10.5 Å². The molecule has 0 radical (unpaired) electrons. The molecule has 1 amide bonds. The summed E-state index contributed by atoms with van der Waals surface area (Å²) >= 11 is 0. The number of carbonyl (C=O) groups excluding carboxylic acids is 1. The van der Waals surface area contributed by atoms with Crippen molar-refractivity contribution in [2.24, 2.45) is 0 Å². The molecule has 7 nitrogen and oxygen atoms in total. The Hall–Kier alpha value is -3.13. The first kappa shape index (κ1) is 17.3. The average Bonchev–Trinajstić information content (AvgIpc) is 3.29. The average molecular weight is 383 g/mol. The van der Waals surface area contributed by atoms with Crippen molar-refractivity contribution < 1.29 is 17.7 Å². The van der Waals surface area contributed by atoms with Crippen molar-refractivity contribution in [3.8, 4) is 11.3 Å². The summed E-state index contributed by atoms with van der Waals surface area (Å²) in [6.45, 7) is 0.448. The minimum atomic E-state index is -3.27. The van der Waals surface area contributed by atoms with Crippen LogP contribution in [0.2, 0.25) is 0 Å². The highest BCUT2D eigenvalue weighted by atomic mass is 32.2. The van der Waals surface area contributed by atoms with Gasteiger partial charge < -0.3 is 9.84 Å². The van der Waals surface area contributed by atoms with Crippen molar-refractivity contribution in [3.63, 3.8) is 0 Å². The van der Waals surface area contributed by atoms with Gasteiger partial charge in [0.15, 0.2) is 11.5 Å². The third kappa shape index (κ3) is 3.56. The number of anilines is 2. The SMILES string of the molecule is O=C(Nc1cccc(N2CCCS2(=O)=O)c1)c1cc(-c2ccccc2)on1. The fraction of sp³-hybridized carbons (Fsp3) is 0.158. The fourth-order valence-corrected chi connectivity index (χ4v) is 4.54. The van der Waals surface area contributed by atoms with Gasteiger partial charge in [-0.1, -0.05) is 41.6 Å². The van der Waals surface area contributed by atoms with Gasteiger partial charge in [-0.05, 0) is 24.6 Å². The van der Waals surface area contributed by atoms with Gasteiger partial charge in [0.2, 0.25) is 10.0 Å². The first-order valence-corrected chi connectivity index (χ1v) is 10.1. The predicted octanol–water partition coefficient (Wildman–Crippen LogP) is 3.13. The molecule has 1 saturated heterocycles. The molecule has 0 bridgehead atoms. The molecule has 1 aromatic heterocycles. The predicted molar refractivity (Wildman–Crippen MR) is 102 cm³/mol. The first-order chi connectivity index (χ1) is 13.0. The number of aromatic nitrogens is 1. The maximum atomic E-state index is 12.5. The molecule has 1 fully saturated rings. The number of benzene rings is 2. The van der Waals surface area contributed by atoms with Gasteiger partial charge in [0.25, 0.3) is 5.91 Å². The van der Waals surface area contributed by atoms with Gasteiger partial charge in [0, 0.05) is 23.9 Å². The lowest BCUT2D eigenvalue weighted by Gasteiger charge is -2.17. The highest BCUT2D eigenvalue weighted by molar-refractivity contribution is 7.93. The highest BCUT2D eigenvalue weighted by Gasteiger charge is 2.28. The van der Waals surface area contributed by atoms with Crippen molar-refractivity contribution in [3.05, 3.63) is 66.4 Å². The zero-order valence-electron chi connectivity index (χ0n) is 14.3. The molecule has 138 valence electrons. The second kappa shape index (κ2) is 6.88. The van der Waals surface area contributed by atoms with E-state index in [1.165, 1.54) is 4.31 Å². The Morgan fingerprint density at radius 1 is 1.07 bits per heavy atom. The quantitative estimate of drug-likeness (QED) is 0.747. The van der Waals surface area contributed by atoms with Crippen molar-refractivity contribution in [2.75, 3.05) is 21.9 Å². The molecule has 1 aliphatic rings. The number of sulfonamides is 1. The Balaban J connectivity index is 1.52. The number of nitrogens with one attached hydrogen (secondary N) is 1. The Morgan fingerprint density at radius 2 is 1.89 bits per heavy atom. The number of nitrogens with zero attached hydrogens (tertiary/aromatic N) is 2. The smallest absolute Gasteiger partial charge is 0.277 e. The third-order valence-electron chi connectivity index (χ3n) is 4.29. The zero-order valence-corrected chi connectivity index (χ0v) is 15.1. The van der Waals surface area contributed by atoms with Crippen molar-refractivity contribution in [1.82, 2.24) is 5.16 Å². The number of hydrogen-bond donors (Lipinski definition) is 1. The second-order valence-corrected chi connectivity index (χ2v) is 8.20. The van der Waals surface area contributed by atoms with Crippen molar-refractivity contribution in [1.29, 1.82) is 0 Å². The van der Waals surface area contributed by atoms with Crippen LogP contribution in [0.4, 0.5) is 11.4 Å². The molecule has 3 aromatic rings. The van der Waals surface area contributed by atoms with E-state index >= 15 is 0 Å². The van der Waals surface area contributed by atoms with E-state index in [1.54, 1.807) is 30.3 Å². The van der Waals surface area contributed by atoms with Crippen molar-refractivity contribution in [2.45, 2.75) is 6.42 Å². The van der Waals surface area contributed by atoms with Crippen LogP contribution < -0.4 is 9.62 Å². The van der Waals surface area contributed by atoms with E-state index in [4.69, 9.17) is 4.52 Å². The lowest BCUT2D eigenvalue weighted by atomic mass is 10.1. The summed E-state index contributed by atoms with van der Waals surface area (Å²) in [5.74, 6) is 0.213. The minimum absolute atomic E-state index is 0.144. The standard InChI is InChI=1S/C19H17N3O4S/c23-19(17-13-18(26-21-17)14-6-2-1-3-7-14)20-15-8-4-9-16(12-15)22-10-5-11-27(22,24)25/h1-4,6-9,12-13H,5,10-11H2,(H,20,23). The fourth-order valence-electron chi connectivity index (χ4n) is 2.98. The molecule has 8 heteroatoms. The Kier molecular flexibility index (Phi) is 4.41. The van der Waals surface area contributed by atoms with Gasteiger partial charge in [0.1, 0.15) is 0 Å². The molecular weight excluding hydrogens is 366 g/mol. The first-order valence-electron chi connectivity index (χ1n) is 8.47. The molecular formula is C19H17N3O4S. The van der Waals surface area contributed by atoms with Gasteiger partial charge in [-0.3, -0.25) is 9.10 Å². The molecule has 2 heterocycles. The van der Waals surface area contributed by atoms with Crippen LogP contribution >= 0.6 is 0 Å². The summed E-state index contributed by atoms with van der Waals surface area (Å²) < 4.78 is 30.8. The Morgan fingerprint density at radius 3 is 2.63 bits per heavy atom. The summed E-state index contributed by atoms with van der Waals surface area (Å²) in [5.41, 5.74) is 2.00. The zero-order chi connectivity index (χ0) is 18.9. The summed E-state index contributed by atoms with van der Waals surface area (Å²) in [6.07, 6.45) is 0.597. The highest BCUT2D eigenvalue weighted by Crippen LogP contribution is 2.27. The van der Waals surface area contributed by atoms with Crippen LogP contribution in [0.15, 0.2) is 65.2 Å². The van der Waals surface area contributed by atoms with Gasteiger partial charge >= 0.3 is 0 Å². The summed E-state index contributed by atoms with van der Waals surface area (Å²) in [5, 5.41) is 6.55. The van der Waals surface area contributed by atoms with Crippen LogP contribution in [0.5, 0.6) is 0 Å². The van der Waals surface area contributed by atoms with Crippen molar-refractivity contribution >= 4 is 27.3 Å². The van der Waals surface area contributed by atoms with E-state index in [0.29, 0.717) is 30.1 Å². The molecule has 0 aliphatic carbocycles. The second-order valence-electron chi connectivity index (χ2n) is 6.19. The molecule has 1 aliphatic heterocycles. The molecule has 0 atom stereocenters. The van der Waals surface area contributed by atoms with Crippen LogP contribution in [0.1, 0.15) is 16.9 Å². The molecule has 0 unspecified atom stereocenters. The van der Waals surface area contributed by atoms with Crippen LogP contribution in [-0.4, -0.2) is 31.8 Å². The van der Waals surface area contributed by atoms with Gasteiger partial charge in [0.05, 0.1) is 11.4 Å². The van der Waals surface area contributed by atoms with E-state index < -0.39 is 15.9 Å². The molecule has 0 saturated carbocycles. The molecule has 27 heavy (non-hydrogen) atoms. The largest absolute Gasteiger partial charge is 0.355 e. The minimum Gasteiger partial charge on any atom is -0.355 e. The van der Waals surface area contributed by atoms with Crippen LogP contribution in [0, 0.1) is 0 Å². The summed E-state index contributed by atoms with van der Waals surface area (Å²) in [4.78, 5) is 12.5. The summed E-state index contributed by atoms with van der Waals surface area (Å²) in [6, 6.07) is 17.7. The van der Waals surface area contributed by atoms with Gasteiger partial charge in [-0.2, -0.15) is 0 Å². The molecule has 0 spiro atoms. The number of hydrogen-bond acceptors (Lipinski definition) is 5. The number of amides is 1. The Labute approximate surface area is 156 Å². The van der Waals surface area contributed by atoms with E-state index in [0.717, 1.165) is 5.56 Å². The molecule has 1 N–H and O–H groups in total. The lowest BCUT2D eigenvalue weighted by Crippen LogP contribution is -2.25. The Bertz CT molecular complexity index is 1080. The monoisotopic (exact) mass is 383 g/mol. The van der Waals surface area contributed by atoms with Crippen LogP contribution in [0.3, 0.4) is 0 Å². The maximum absolute atomic E-state index is 12.5. The topological polar surface area (TPSA) is 92.5 Å². The van der Waals surface area contributed by atoms with E-state index in [9.17, 15) is 13.2 Å². The van der Waals surface area contributed by atoms with Gasteiger partial charge in [-0.25, -0.2) is 8.42 Å². The summed E-state index contributed by atoms with van der Waals surface area (Å²) in [7, 11) is -3.27. The van der Waals surface area contributed by atoms with E-state index in [1.807, 2.05) is 30.3 Å². The third-order valence-corrected chi connectivity index (χ3v) is 6.16. The molecule has 4 rings (SSSR count). The number of rotatable bonds is 4. The normalized spacial score (nSPS) is 15.6. The molecule has 2 aromatic carbocycles. The van der Waals surface area contributed by atoms with Crippen LogP contribution in [-0.2, 0) is 10.0 Å². The van der Waals surface area contributed by atoms with Crippen LogP contribution in [0.25, 0.3) is 11.3 Å². The lowest BCUT2D eigenvalue weighted by molar-refractivity contribution is 0.101. The van der Waals surface area contributed by atoms with Gasteiger partial charge in [-0.15, -0.1) is 0 Å².